The highest BCUT2D eigenvalue weighted by Gasteiger charge is 2.48. The van der Waals surface area contributed by atoms with Crippen LogP contribution in [0, 0.1) is 0 Å². The third-order valence-electron chi connectivity index (χ3n) is 10.4. The largest absolute Gasteiger partial charge is 0.496 e. The maximum absolute atomic E-state index is 14.5. The second-order valence-corrected chi connectivity index (χ2v) is 15.0. The Bertz CT molecular complexity index is 1860. The minimum atomic E-state index is -0.985. The number of anilines is 2. The van der Waals surface area contributed by atoms with Crippen LogP contribution in [0.15, 0.2) is 72.8 Å². The standard InChI is InChI=1S/C41H52N6O5/c1-40(2)21-11-22-41(3,4)47(40)39(52-29-18-20-30(35(25-29)50-7)32-13-8-15-36(42)43-32)38(48)45-37-16-9-14-33(44-37)31-19-17-28(24-34(31)49-6)51-26-27-12-10-23-46(27)5/h8-9,13-20,24-25,27,39H,10-12,21-23,26H2,1-7H3,(H2,42,43)(H,44,45,48). The zero-order chi connectivity index (χ0) is 37.0. The van der Waals surface area contributed by atoms with Crippen molar-refractivity contribution >= 4 is 17.5 Å². The maximum atomic E-state index is 14.5. The third-order valence-corrected chi connectivity index (χ3v) is 10.4. The van der Waals surface area contributed by atoms with Crippen molar-refractivity contribution in [3.63, 3.8) is 0 Å². The van der Waals surface area contributed by atoms with E-state index < -0.39 is 6.23 Å². The van der Waals surface area contributed by atoms with Crippen LogP contribution in [-0.2, 0) is 4.79 Å². The summed E-state index contributed by atoms with van der Waals surface area (Å²) in [5, 5.41) is 3.08. The van der Waals surface area contributed by atoms with Crippen molar-refractivity contribution in [1.82, 2.24) is 19.8 Å². The molecule has 0 bridgehead atoms. The lowest BCUT2D eigenvalue weighted by molar-refractivity contribution is -0.156. The van der Waals surface area contributed by atoms with E-state index in [0.717, 1.165) is 49.1 Å². The number of nitrogens with two attached hydrogens (primary N) is 1. The van der Waals surface area contributed by atoms with Gasteiger partial charge in [0.05, 0.1) is 25.6 Å². The van der Waals surface area contributed by atoms with Gasteiger partial charge in [-0.2, -0.15) is 0 Å². The number of hydrogen-bond acceptors (Lipinski definition) is 10. The zero-order valence-electron chi connectivity index (χ0n) is 31.4. The van der Waals surface area contributed by atoms with Crippen molar-refractivity contribution in [3.05, 3.63) is 72.8 Å². The minimum absolute atomic E-state index is 0.333. The van der Waals surface area contributed by atoms with Gasteiger partial charge in [-0.3, -0.25) is 9.69 Å². The number of benzene rings is 2. The van der Waals surface area contributed by atoms with Gasteiger partial charge in [-0.1, -0.05) is 12.1 Å². The highest BCUT2D eigenvalue weighted by molar-refractivity contribution is 5.94. The van der Waals surface area contributed by atoms with Crippen molar-refractivity contribution in [2.24, 2.45) is 0 Å². The molecule has 52 heavy (non-hydrogen) atoms. The van der Waals surface area contributed by atoms with E-state index in [1.807, 2.05) is 54.6 Å². The van der Waals surface area contributed by atoms with Crippen LogP contribution in [-0.4, -0.2) is 83.4 Å². The van der Waals surface area contributed by atoms with Crippen LogP contribution in [0.5, 0.6) is 23.0 Å². The first-order valence-corrected chi connectivity index (χ1v) is 18.0. The lowest BCUT2D eigenvalue weighted by Gasteiger charge is -2.54. The van der Waals surface area contributed by atoms with Gasteiger partial charge in [0, 0.05) is 40.4 Å². The van der Waals surface area contributed by atoms with E-state index in [9.17, 15) is 4.79 Å². The first-order chi connectivity index (χ1) is 24.9. The highest BCUT2D eigenvalue weighted by Crippen LogP contribution is 2.42. The van der Waals surface area contributed by atoms with Crippen molar-refractivity contribution in [2.75, 3.05) is 45.5 Å². The number of amides is 1. The van der Waals surface area contributed by atoms with Crippen LogP contribution in [0.1, 0.15) is 59.8 Å². The monoisotopic (exact) mass is 708 g/mol. The summed E-state index contributed by atoms with van der Waals surface area (Å²) < 4.78 is 24.4. The molecule has 2 aliphatic heterocycles. The number of likely N-dealkylation sites (N-methyl/N-ethyl adjacent to an activating group) is 1. The topological polar surface area (TPSA) is 124 Å². The molecule has 2 unspecified atom stereocenters. The summed E-state index contributed by atoms with van der Waals surface area (Å²) in [6, 6.07) is 22.7. The Balaban J connectivity index is 1.27. The van der Waals surface area contributed by atoms with Crippen LogP contribution >= 0.6 is 0 Å². The molecule has 2 aromatic heterocycles. The summed E-state index contributed by atoms with van der Waals surface area (Å²) in [5.41, 5.74) is 8.18. The maximum Gasteiger partial charge on any atom is 0.282 e. The molecule has 0 radical (unpaired) electrons. The molecule has 6 rings (SSSR count). The molecule has 2 aromatic carbocycles. The number of ether oxygens (including phenoxy) is 4. The number of likely N-dealkylation sites (tertiary alicyclic amines) is 2. The van der Waals surface area contributed by atoms with Gasteiger partial charge >= 0.3 is 0 Å². The average molecular weight is 709 g/mol. The Morgan fingerprint density at radius 1 is 0.865 bits per heavy atom. The fourth-order valence-corrected chi connectivity index (χ4v) is 7.76. The van der Waals surface area contributed by atoms with Crippen LogP contribution in [0.25, 0.3) is 22.5 Å². The van der Waals surface area contributed by atoms with Crippen molar-refractivity contribution in [1.29, 1.82) is 0 Å². The van der Waals surface area contributed by atoms with E-state index in [-0.39, 0.29) is 17.0 Å². The molecule has 11 heteroatoms. The molecule has 276 valence electrons. The number of hydrogen-bond donors (Lipinski definition) is 2. The number of nitrogens with zero attached hydrogens (tertiary/aromatic N) is 4. The molecule has 0 spiro atoms. The Labute approximate surface area is 307 Å². The van der Waals surface area contributed by atoms with E-state index in [0.29, 0.717) is 52.9 Å². The molecule has 4 heterocycles. The number of nitrogen functional groups attached to an aromatic ring is 1. The number of pyridine rings is 2. The molecule has 2 saturated heterocycles. The summed E-state index contributed by atoms with van der Waals surface area (Å²) in [4.78, 5) is 28.3. The van der Waals surface area contributed by atoms with E-state index in [1.54, 1.807) is 32.4 Å². The summed E-state index contributed by atoms with van der Waals surface area (Å²) >= 11 is 0. The van der Waals surface area contributed by atoms with Gasteiger partial charge in [-0.15, -0.1) is 0 Å². The van der Waals surface area contributed by atoms with Gasteiger partial charge in [0.15, 0.2) is 0 Å². The van der Waals surface area contributed by atoms with Crippen molar-refractivity contribution in [3.8, 4) is 45.5 Å². The van der Waals surface area contributed by atoms with Crippen LogP contribution < -0.4 is 30.0 Å². The second kappa shape index (κ2) is 15.4. The lowest BCUT2D eigenvalue weighted by Crippen LogP contribution is -2.66. The quantitative estimate of drug-likeness (QED) is 0.155. The minimum Gasteiger partial charge on any atom is -0.496 e. The van der Waals surface area contributed by atoms with E-state index in [1.165, 1.54) is 6.42 Å². The third kappa shape index (κ3) is 8.11. The van der Waals surface area contributed by atoms with Gasteiger partial charge in [0.25, 0.3) is 5.91 Å². The second-order valence-electron chi connectivity index (χ2n) is 15.0. The molecule has 0 aliphatic carbocycles. The predicted molar refractivity (Wildman–Crippen MR) is 205 cm³/mol. The molecule has 4 aromatic rings. The number of nitrogens with one attached hydrogen (secondary N) is 1. The summed E-state index contributed by atoms with van der Waals surface area (Å²) in [6.45, 7) is 10.4. The van der Waals surface area contributed by atoms with Crippen LogP contribution in [0.3, 0.4) is 0 Å². The normalized spacial score (nSPS) is 19.1. The molecule has 2 aliphatic rings. The summed E-state index contributed by atoms with van der Waals surface area (Å²) in [5.74, 6) is 2.89. The Hall–Kier alpha value is -4.87. The van der Waals surface area contributed by atoms with Gasteiger partial charge < -0.3 is 34.9 Å². The number of piperidine rings is 1. The van der Waals surface area contributed by atoms with Gasteiger partial charge in [0.2, 0.25) is 6.23 Å². The molecular formula is C41H52N6O5. The van der Waals surface area contributed by atoms with Crippen molar-refractivity contribution in [2.45, 2.75) is 83.1 Å². The molecular weight excluding hydrogens is 656 g/mol. The summed E-state index contributed by atoms with van der Waals surface area (Å²) in [6.07, 6.45) is 4.22. The summed E-state index contributed by atoms with van der Waals surface area (Å²) in [7, 11) is 5.37. The van der Waals surface area contributed by atoms with E-state index in [2.05, 4.69) is 54.8 Å². The zero-order valence-corrected chi connectivity index (χ0v) is 31.4. The number of carbonyl (C=O) groups is 1. The lowest BCUT2D eigenvalue weighted by atomic mass is 9.79. The van der Waals surface area contributed by atoms with E-state index in [4.69, 9.17) is 29.7 Å². The fourth-order valence-electron chi connectivity index (χ4n) is 7.76. The van der Waals surface area contributed by atoms with Gasteiger partial charge in [-0.25, -0.2) is 9.97 Å². The molecule has 11 nitrogen and oxygen atoms in total. The number of aromatic nitrogens is 2. The number of methoxy groups -OCH3 is 2. The first kappa shape index (κ1) is 36.9. The molecule has 3 N–H and O–H groups in total. The van der Waals surface area contributed by atoms with Gasteiger partial charge in [0.1, 0.15) is 41.2 Å². The fraction of sp³-hybridized carbons (Fsp3) is 0.439. The Kier molecular flexibility index (Phi) is 10.9. The number of rotatable bonds is 12. The first-order valence-electron chi connectivity index (χ1n) is 18.0. The van der Waals surface area contributed by atoms with Crippen LogP contribution in [0.4, 0.5) is 11.6 Å². The molecule has 1 amide bonds. The molecule has 2 fully saturated rings. The smallest absolute Gasteiger partial charge is 0.282 e. The van der Waals surface area contributed by atoms with Gasteiger partial charge in [-0.05, 0) is 122 Å². The average Bonchev–Trinajstić information content (AvgIpc) is 3.53. The van der Waals surface area contributed by atoms with Crippen LogP contribution in [0.2, 0.25) is 0 Å². The molecule has 0 saturated carbocycles. The van der Waals surface area contributed by atoms with Crippen molar-refractivity contribution < 1.29 is 23.7 Å². The predicted octanol–water partition coefficient (Wildman–Crippen LogP) is 7.27. The SMILES string of the molecule is COc1cc(OC(C(=O)Nc2cccc(-c3ccc(OCC4CCCN4C)cc3OC)n2)N2C(C)(C)CCCC2(C)C)ccc1-c1cccc(N)n1. The highest BCUT2D eigenvalue weighted by atomic mass is 16.5. The number of carbonyl (C=O) groups excluding carboxylic acids is 1. The Morgan fingerprint density at radius 3 is 2.10 bits per heavy atom. The molecule has 2 atom stereocenters. The van der Waals surface area contributed by atoms with E-state index >= 15 is 0 Å². The Morgan fingerprint density at radius 2 is 1.48 bits per heavy atom.